The van der Waals surface area contributed by atoms with E-state index in [0.29, 0.717) is 11.7 Å². The van der Waals surface area contributed by atoms with Gasteiger partial charge in [-0.2, -0.15) is 10.2 Å². The molecule has 2 aromatic heterocycles. The first-order valence-corrected chi connectivity index (χ1v) is 4.96. The Bertz CT molecular complexity index is 567. The van der Waals surface area contributed by atoms with Gasteiger partial charge in [0.2, 0.25) is 0 Å². The van der Waals surface area contributed by atoms with Gasteiger partial charge in [-0.3, -0.25) is 0 Å². The Balaban J connectivity index is 2.34. The van der Waals surface area contributed by atoms with Crippen molar-refractivity contribution >= 4 is 5.57 Å². The summed E-state index contributed by atoms with van der Waals surface area (Å²) in [5.41, 5.74) is 1.55. The Hall–Kier alpha value is -2.55. The molecule has 2 heterocycles. The molecule has 0 fully saturated rings. The molecule has 0 amide bonds. The number of nitriles is 1. The van der Waals surface area contributed by atoms with E-state index in [-0.39, 0.29) is 6.42 Å². The molecule has 6 heteroatoms. The van der Waals surface area contributed by atoms with Crippen LogP contribution in [0.2, 0.25) is 0 Å². The zero-order valence-electron chi connectivity index (χ0n) is 9.16. The van der Waals surface area contributed by atoms with Gasteiger partial charge >= 0.3 is 0 Å². The molecule has 0 aromatic carbocycles. The maximum atomic E-state index is 8.54. The minimum Gasteiger partial charge on any atom is -0.334 e. The number of hydrogen-bond donors (Lipinski definition) is 0. The van der Waals surface area contributed by atoms with Crippen molar-refractivity contribution < 1.29 is 4.52 Å². The van der Waals surface area contributed by atoms with E-state index >= 15 is 0 Å². The van der Waals surface area contributed by atoms with E-state index in [1.807, 2.05) is 19.1 Å². The molecule has 2 aromatic rings. The van der Waals surface area contributed by atoms with E-state index in [0.717, 1.165) is 11.1 Å². The minimum absolute atomic E-state index is 0.131. The van der Waals surface area contributed by atoms with Crippen LogP contribution in [0, 0.1) is 11.3 Å². The number of allylic oxidation sites excluding steroid dienone is 1. The highest BCUT2D eigenvalue weighted by molar-refractivity contribution is 5.74. The molecule has 17 heavy (non-hydrogen) atoms. The van der Waals surface area contributed by atoms with E-state index in [1.165, 1.54) is 6.33 Å². The molecule has 0 spiro atoms. The fraction of sp³-hybridized carbons (Fsp3) is 0.182. The molecule has 0 saturated carbocycles. The SMILES string of the molecule is C/C=C(\c1cncnc1)c1nc(CC#N)no1. The summed E-state index contributed by atoms with van der Waals surface area (Å²) >= 11 is 0. The molecule has 2 rings (SSSR count). The van der Waals surface area contributed by atoms with Gasteiger partial charge in [0.1, 0.15) is 6.33 Å². The number of nitrogens with zero attached hydrogens (tertiary/aromatic N) is 5. The first-order valence-electron chi connectivity index (χ1n) is 4.96. The van der Waals surface area contributed by atoms with Crippen LogP contribution in [0.15, 0.2) is 29.3 Å². The lowest BCUT2D eigenvalue weighted by Gasteiger charge is -1.99. The molecule has 0 atom stereocenters. The highest BCUT2D eigenvalue weighted by Gasteiger charge is 2.12. The maximum absolute atomic E-state index is 8.54. The molecule has 0 unspecified atom stereocenters. The lowest BCUT2D eigenvalue weighted by atomic mass is 10.1. The van der Waals surface area contributed by atoms with Gasteiger partial charge in [0.15, 0.2) is 5.82 Å². The third kappa shape index (κ3) is 2.34. The normalized spacial score (nSPS) is 11.2. The number of hydrogen-bond acceptors (Lipinski definition) is 6. The minimum atomic E-state index is 0.131. The topological polar surface area (TPSA) is 88.5 Å². The van der Waals surface area contributed by atoms with Crippen LogP contribution in [0.4, 0.5) is 0 Å². The quantitative estimate of drug-likeness (QED) is 0.786. The third-order valence-electron chi connectivity index (χ3n) is 2.10. The van der Waals surface area contributed by atoms with Gasteiger partial charge in [-0.25, -0.2) is 9.97 Å². The Kier molecular flexibility index (Phi) is 3.21. The van der Waals surface area contributed by atoms with Crippen LogP contribution in [0.3, 0.4) is 0 Å². The summed E-state index contributed by atoms with van der Waals surface area (Å²) in [4.78, 5) is 12.0. The summed E-state index contributed by atoms with van der Waals surface area (Å²) < 4.78 is 5.09. The van der Waals surface area contributed by atoms with Crippen LogP contribution >= 0.6 is 0 Å². The zero-order valence-corrected chi connectivity index (χ0v) is 9.16. The van der Waals surface area contributed by atoms with Crippen molar-refractivity contribution in [2.75, 3.05) is 0 Å². The summed E-state index contributed by atoms with van der Waals surface area (Å²) in [5.74, 6) is 0.742. The summed E-state index contributed by atoms with van der Waals surface area (Å²) in [6, 6.07) is 1.96. The van der Waals surface area contributed by atoms with Crippen LogP contribution in [-0.2, 0) is 6.42 Å². The molecule has 0 aliphatic rings. The van der Waals surface area contributed by atoms with Gasteiger partial charge in [0, 0.05) is 23.5 Å². The van der Waals surface area contributed by atoms with Gasteiger partial charge in [-0.15, -0.1) is 0 Å². The molecule has 6 nitrogen and oxygen atoms in total. The molecule has 0 radical (unpaired) electrons. The zero-order chi connectivity index (χ0) is 12.1. The van der Waals surface area contributed by atoms with Crippen molar-refractivity contribution in [3.63, 3.8) is 0 Å². The summed E-state index contributed by atoms with van der Waals surface area (Å²) in [7, 11) is 0. The maximum Gasteiger partial charge on any atom is 0.258 e. The second-order valence-electron chi connectivity index (χ2n) is 3.18. The molecular weight excluding hydrogens is 218 g/mol. The predicted octanol–water partition coefficient (Wildman–Crippen LogP) is 1.38. The highest BCUT2D eigenvalue weighted by atomic mass is 16.5. The molecule has 0 aliphatic heterocycles. The lowest BCUT2D eigenvalue weighted by Crippen LogP contribution is -1.91. The fourth-order valence-corrected chi connectivity index (χ4v) is 1.36. The second kappa shape index (κ2) is 4.99. The van der Waals surface area contributed by atoms with E-state index in [1.54, 1.807) is 12.4 Å². The third-order valence-corrected chi connectivity index (χ3v) is 2.10. The van der Waals surface area contributed by atoms with Crippen LogP contribution in [0.25, 0.3) is 5.57 Å². The number of rotatable bonds is 3. The smallest absolute Gasteiger partial charge is 0.258 e. The van der Waals surface area contributed by atoms with Crippen molar-refractivity contribution in [3.8, 4) is 6.07 Å². The van der Waals surface area contributed by atoms with Crippen molar-refractivity contribution in [2.24, 2.45) is 0 Å². The predicted molar refractivity (Wildman–Crippen MR) is 58.4 cm³/mol. The summed E-state index contributed by atoms with van der Waals surface area (Å²) in [6.45, 7) is 1.86. The van der Waals surface area contributed by atoms with Crippen LogP contribution in [0.5, 0.6) is 0 Å². The Labute approximate surface area is 97.6 Å². The monoisotopic (exact) mass is 227 g/mol. The largest absolute Gasteiger partial charge is 0.334 e. The summed E-state index contributed by atoms with van der Waals surface area (Å²) in [6.07, 6.45) is 6.74. The Morgan fingerprint density at radius 1 is 1.47 bits per heavy atom. The molecule has 0 aliphatic carbocycles. The van der Waals surface area contributed by atoms with Crippen molar-refractivity contribution in [2.45, 2.75) is 13.3 Å². The average molecular weight is 227 g/mol. The molecule has 0 saturated heterocycles. The van der Waals surface area contributed by atoms with Crippen molar-refractivity contribution in [1.29, 1.82) is 5.26 Å². The lowest BCUT2D eigenvalue weighted by molar-refractivity contribution is 0.402. The highest BCUT2D eigenvalue weighted by Crippen LogP contribution is 2.20. The first-order chi connectivity index (χ1) is 8.35. The fourth-order valence-electron chi connectivity index (χ4n) is 1.36. The van der Waals surface area contributed by atoms with Gasteiger partial charge in [-0.05, 0) is 6.92 Å². The molecule has 0 N–H and O–H groups in total. The Morgan fingerprint density at radius 2 is 2.24 bits per heavy atom. The van der Waals surface area contributed by atoms with E-state index in [2.05, 4.69) is 20.1 Å². The van der Waals surface area contributed by atoms with E-state index in [9.17, 15) is 0 Å². The summed E-state index contributed by atoms with van der Waals surface area (Å²) in [5, 5.41) is 12.2. The molecular formula is C11H9N5O. The van der Waals surface area contributed by atoms with Gasteiger partial charge in [-0.1, -0.05) is 11.2 Å². The molecule has 84 valence electrons. The van der Waals surface area contributed by atoms with Crippen LogP contribution < -0.4 is 0 Å². The first kappa shape index (κ1) is 11.0. The van der Waals surface area contributed by atoms with Gasteiger partial charge in [0.25, 0.3) is 5.89 Å². The van der Waals surface area contributed by atoms with Gasteiger partial charge in [0.05, 0.1) is 12.5 Å². The van der Waals surface area contributed by atoms with Crippen molar-refractivity contribution in [3.05, 3.63) is 42.1 Å². The van der Waals surface area contributed by atoms with Crippen LogP contribution in [-0.4, -0.2) is 20.1 Å². The van der Waals surface area contributed by atoms with E-state index < -0.39 is 0 Å². The standard InChI is InChI=1S/C11H9N5O/c1-2-9(8-5-13-7-14-6-8)11-15-10(3-4-12)16-17-11/h2,5-7H,3H2,1H3/b9-2+. The second-order valence-corrected chi connectivity index (χ2v) is 3.18. The van der Waals surface area contributed by atoms with E-state index in [4.69, 9.17) is 9.78 Å². The van der Waals surface area contributed by atoms with Crippen LogP contribution in [0.1, 0.15) is 24.2 Å². The van der Waals surface area contributed by atoms with Crippen molar-refractivity contribution in [1.82, 2.24) is 20.1 Å². The number of aromatic nitrogens is 4. The molecule has 0 bridgehead atoms. The Morgan fingerprint density at radius 3 is 2.88 bits per heavy atom. The van der Waals surface area contributed by atoms with Gasteiger partial charge < -0.3 is 4.52 Å². The average Bonchev–Trinajstić information content (AvgIpc) is 2.81.